The van der Waals surface area contributed by atoms with Gasteiger partial charge in [-0.1, -0.05) is 6.92 Å². The molecule has 2 N–H and O–H groups in total. The summed E-state index contributed by atoms with van der Waals surface area (Å²) >= 11 is 1.38. The second kappa shape index (κ2) is 5.17. The molecule has 5 heteroatoms. The Balaban J connectivity index is 2.45. The molecule has 2 rings (SSSR count). The Morgan fingerprint density at radius 2 is 2.21 bits per heavy atom. The summed E-state index contributed by atoms with van der Waals surface area (Å²) in [7, 11) is 1.82. The van der Waals surface area contributed by atoms with Gasteiger partial charge in [-0.25, -0.2) is 4.98 Å². The summed E-state index contributed by atoms with van der Waals surface area (Å²) in [5.74, 6) is -0.0208. The molecule has 0 saturated carbocycles. The summed E-state index contributed by atoms with van der Waals surface area (Å²) in [5, 5.41) is 0.872. The van der Waals surface area contributed by atoms with E-state index < -0.39 is 0 Å². The highest BCUT2D eigenvalue weighted by atomic mass is 32.1. The fourth-order valence-corrected chi connectivity index (χ4v) is 3.00. The van der Waals surface area contributed by atoms with Gasteiger partial charge in [0.15, 0.2) is 0 Å². The lowest BCUT2D eigenvalue weighted by Gasteiger charge is -2.23. The molecule has 0 aromatic carbocycles. The number of hydrogen-bond donors (Lipinski definition) is 1. The smallest absolute Gasteiger partial charge is 0.266 e. The molecule has 2 aromatic rings. The van der Waals surface area contributed by atoms with Crippen molar-refractivity contribution >= 4 is 33.1 Å². The minimum Gasteiger partial charge on any atom is -0.397 e. The fraction of sp³-hybridized carbons (Fsp3) is 0.429. The van der Waals surface area contributed by atoms with E-state index >= 15 is 0 Å². The highest BCUT2D eigenvalue weighted by Crippen LogP contribution is 2.33. The number of nitrogens with zero attached hydrogens (tertiary/aromatic N) is 2. The van der Waals surface area contributed by atoms with Crippen LogP contribution in [0.3, 0.4) is 0 Å². The molecule has 0 aliphatic carbocycles. The van der Waals surface area contributed by atoms with E-state index in [0.717, 1.165) is 22.3 Å². The van der Waals surface area contributed by atoms with Gasteiger partial charge < -0.3 is 10.6 Å². The van der Waals surface area contributed by atoms with E-state index in [1.165, 1.54) is 11.3 Å². The third-order valence-electron chi connectivity index (χ3n) is 3.50. The zero-order valence-corrected chi connectivity index (χ0v) is 12.5. The zero-order chi connectivity index (χ0) is 14.2. The summed E-state index contributed by atoms with van der Waals surface area (Å²) in [4.78, 5) is 20.0. The van der Waals surface area contributed by atoms with Crippen LogP contribution in [0.1, 0.15) is 35.6 Å². The van der Waals surface area contributed by atoms with Gasteiger partial charge >= 0.3 is 0 Å². The molecule has 2 aromatic heterocycles. The number of aromatic nitrogens is 1. The quantitative estimate of drug-likeness (QED) is 0.938. The number of pyridine rings is 1. The van der Waals surface area contributed by atoms with Crippen molar-refractivity contribution in [2.24, 2.45) is 0 Å². The average Bonchev–Trinajstić information content (AvgIpc) is 2.72. The van der Waals surface area contributed by atoms with Crippen LogP contribution in [0.2, 0.25) is 0 Å². The first kappa shape index (κ1) is 13.8. The lowest BCUT2D eigenvalue weighted by Crippen LogP contribution is -2.34. The minimum absolute atomic E-state index is 0.0208. The molecule has 0 aliphatic rings. The Bertz CT molecular complexity index is 620. The molecule has 1 unspecified atom stereocenters. The number of anilines is 1. The van der Waals surface area contributed by atoms with Crippen LogP contribution in [0, 0.1) is 6.92 Å². The van der Waals surface area contributed by atoms with Crippen LogP contribution in [0.25, 0.3) is 10.2 Å². The molecular weight excluding hydrogens is 258 g/mol. The van der Waals surface area contributed by atoms with E-state index in [1.807, 2.05) is 33.0 Å². The van der Waals surface area contributed by atoms with E-state index in [2.05, 4.69) is 11.9 Å². The molecule has 102 valence electrons. The van der Waals surface area contributed by atoms with E-state index in [4.69, 9.17) is 5.73 Å². The SMILES string of the molecule is CCC(C)N(C)C(=O)c1sc2nc(C)ccc2c1N. The van der Waals surface area contributed by atoms with Gasteiger partial charge in [-0.15, -0.1) is 11.3 Å². The molecule has 19 heavy (non-hydrogen) atoms. The van der Waals surface area contributed by atoms with Crippen LogP contribution in [-0.2, 0) is 0 Å². The molecular formula is C14H19N3OS. The average molecular weight is 277 g/mol. The lowest BCUT2D eigenvalue weighted by molar-refractivity contribution is 0.0746. The molecule has 0 bridgehead atoms. The monoisotopic (exact) mass is 277 g/mol. The van der Waals surface area contributed by atoms with Gasteiger partial charge in [-0.2, -0.15) is 0 Å². The number of carbonyl (C=O) groups excluding carboxylic acids is 1. The summed E-state index contributed by atoms with van der Waals surface area (Å²) in [5.41, 5.74) is 7.57. The van der Waals surface area contributed by atoms with Crippen molar-refractivity contribution in [3.63, 3.8) is 0 Å². The summed E-state index contributed by atoms with van der Waals surface area (Å²) < 4.78 is 0. The highest BCUT2D eigenvalue weighted by molar-refractivity contribution is 7.21. The molecule has 0 saturated heterocycles. The molecule has 0 spiro atoms. The third kappa shape index (κ3) is 2.42. The number of nitrogens with two attached hydrogens (primary N) is 1. The number of thiophene rings is 1. The Morgan fingerprint density at radius 3 is 2.84 bits per heavy atom. The maximum Gasteiger partial charge on any atom is 0.266 e. The van der Waals surface area contributed by atoms with E-state index in [-0.39, 0.29) is 11.9 Å². The zero-order valence-electron chi connectivity index (χ0n) is 11.7. The normalized spacial score (nSPS) is 12.6. The molecule has 1 amide bonds. The van der Waals surface area contributed by atoms with Crippen molar-refractivity contribution < 1.29 is 4.79 Å². The van der Waals surface area contributed by atoms with Crippen LogP contribution < -0.4 is 5.73 Å². The number of hydrogen-bond acceptors (Lipinski definition) is 4. The van der Waals surface area contributed by atoms with Crippen molar-refractivity contribution in [2.75, 3.05) is 12.8 Å². The first-order valence-corrected chi connectivity index (χ1v) is 7.20. The maximum absolute atomic E-state index is 12.4. The number of amides is 1. The number of carbonyl (C=O) groups is 1. The van der Waals surface area contributed by atoms with Crippen molar-refractivity contribution in [3.05, 3.63) is 22.7 Å². The van der Waals surface area contributed by atoms with Crippen molar-refractivity contribution in [1.82, 2.24) is 9.88 Å². The highest BCUT2D eigenvalue weighted by Gasteiger charge is 2.22. The maximum atomic E-state index is 12.4. The second-order valence-corrected chi connectivity index (χ2v) is 5.82. The van der Waals surface area contributed by atoms with Crippen LogP contribution >= 0.6 is 11.3 Å². The Morgan fingerprint density at radius 1 is 1.53 bits per heavy atom. The summed E-state index contributed by atoms with van der Waals surface area (Å²) in [6, 6.07) is 4.05. The summed E-state index contributed by atoms with van der Waals surface area (Å²) in [6.07, 6.45) is 0.921. The molecule has 2 heterocycles. The third-order valence-corrected chi connectivity index (χ3v) is 4.60. The fourth-order valence-electron chi connectivity index (χ4n) is 1.88. The van der Waals surface area contributed by atoms with Gasteiger partial charge in [0.1, 0.15) is 9.71 Å². The van der Waals surface area contributed by atoms with Crippen LogP contribution in [0.15, 0.2) is 12.1 Å². The Hall–Kier alpha value is -1.62. The van der Waals surface area contributed by atoms with Crippen molar-refractivity contribution in [3.8, 4) is 0 Å². The lowest BCUT2D eigenvalue weighted by atomic mass is 10.2. The first-order chi connectivity index (χ1) is 8.95. The molecule has 0 fully saturated rings. The van der Waals surface area contributed by atoms with E-state index in [1.54, 1.807) is 4.90 Å². The van der Waals surface area contributed by atoms with Gasteiger partial charge in [0.05, 0.1) is 5.69 Å². The molecule has 0 aliphatic heterocycles. The summed E-state index contributed by atoms with van der Waals surface area (Å²) in [6.45, 7) is 6.03. The van der Waals surface area contributed by atoms with Crippen LogP contribution in [0.5, 0.6) is 0 Å². The number of fused-ring (bicyclic) bond motifs is 1. The number of nitrogen functional groups attached to an aromatic ring is 1. The van der Waals surface area contributed by atoms with Gasteiger partial charge in [0.25, 0.3) is 5.91 Å². The second-order valence-electron chi connectivity index (χ2n) is 4.82. The van der Waals surface area contributed by atoms with E-state index in [9.17, 15) is 4.79 Å². The molecule has 4 nitrogen and oxygen atoms in total. The van der Waals surface area contributed by atoms with E-state index in [0.29, 0.717) is 10.6 Å². The van der Waals surface area contributed by atoms with Crippen LogP contribution in [-0.4, -0.2) is 28.9 Å². The Kier molecular flexibility index (Phi) is 3.75. The predicted octanol–water partition coefficient (Wildman–Crippen LogP) is 3.06. The van der Waals surface area contributed by atoms with Gasteiger partial charge in [-0.3, -0.25) is 4.79 Å². The van der Waals surface area contributed by atoms with Gasteiger partial charge in [0.2, 0.25) is 0 Å². The van der Waals surface area contributed by atoms with Gasteiger partial charge in [0, 0.05) is 24.2 Å². The first-order valence-electron chi connectivity index (χ1n) is 6.38. The Labute approximate surface area is 117 Å². The van der Waals surface area contributed by atoms with Gasteiger partial charge in [-0.05, 0) is 32.4 Å². The van der Waals surface area contributed by atoms with Crippen molar-refractivity contribution in [1.29, 1.82) is 0 Å². The number of rotatable bonds is 3. The molecule has 1 atom stereocenters. The minimum atomic E-state index is -0.0208. The predicted molar refractivity (Wildman–Crippen MR) is 80.6 cm³/mol. The van der Waals surface area contributed by atoms with Crippen LogP contribution in [0.4, 0.5) is 5.69 Å². The largest absolute Gasteiger partial charge is 0.397 e. The number of aryl methyl sites for hydroxylation is 1. The van der Waals surface area contributed by atoms with Crippen molar-refractivity contribution in [2.45, 2.75) is 33.2 Å². The topological polar surface area (TPSA) is 59.2 Å². The standard InChI is InChI=1S/C14H19N3OS/c1-5-9(3)17(4)14(18)12-11(15)10-7-6-8(2)16-13(10)19-12/h6-7,9H,5,15H2,1-4H3. The molecule has 0 radical (unpaired) electrons.